The van der Waals surface area contributed by atoms with E-state index in [1.807, 2.05) is 0 Å². The minimum absolute atomic E-state index is 0.0112. The molecule has 0 aliphatic heterocycles. The molecule has 0 saturated carbocycles. The average Bonchev–Trinajstić information content (AvgIpc) is 2.36. The van der Waals surface area contributed by atoms with Gasteiger partial charge in [-0.2, -0.15) is 0 Å². The molecule has 0 unspecified atom stereocenters. The summed E-state index contributed by atoms with van der Waals surface area (Å²) in [6, 6.07) is 6.53. The Labute approximate surface area is 109 Å². The zero-order valence-electron chi connectivity index (χ0n) is 9.78. The highest BCUT2D eigenvalue weighted by Gasteiger charge is 2.12. The first kappa shape index (κ1) is 12.6. The van der Waals surface area contributed by atoms with Crippen molar-refractivity contribution in [3.05, 3.63) is 41.3 Å². The molecule has 1 heterocycles. The van der Waals surface area contributed by atoms with Crippen LogP contribution in [-0.2, 0) is 0 Å². The summed E-state index contributed by atoms with van der Waals surface area (Å²) in [6.45, 7) is 2.13. The first-order chi connectivity index (χ1) is 8.63. The van der Waals surface area contributed by atoms with Crippen LogP contribution >= 0.6 is 11.6 Å². The van der Waals surface area contributed by atoms with E-state index in [1.165, 1.54) is 6.20 Å². The van der Waals surface area contributed by atoms with E-state index < -0.39 is 5.82 Å². The van der Waals surface area contributed by atoms with Crippen molar-refractivity contribution in [2.45, 2.75) is 6.92 Å². The molecule has 1 aromatic carbocycles. The molecule has 0 atom stereocenters. The van der Waals surface area contributed by atoms with Crippen LogP contribution in [-0.4, -0.2) is 11.6 Å². The summed E-state index contributed by atoms with van der Waals surface area (Å²) < 4.78 is 19.2. The third kappa shape index (κ3) is 2.38. The monoisotopic (exact) mass is 266 g/mol. The van der Waals surface area contributed by atoms with Crippen molar-refractivity contribution in [1.29, 1.82) is 0 Å². The highest BCUT2D eigenvalue weighted by atomic mass is 35.5. The Kier molecular flexibility index (Phi) is 3.67. The maximum absolute atomic E-state index is 14.1. The van der Waals surface area contributed by atoms with Crippen LogP contribution in [0.3, 0.4) is 0 Å². The minimum atomic E-state index is -0.500. The molecule has 0 bridgehead atoms. The van der Waals surface area contributed by atoms with Gasteiger partial charge in [-0.3, -0.25) is 0 Å². The number of aromatic nitrogens is 1. The van der Waals surface area contributed by atoms with Gasteiger partial charge < -0.3 is 10.5 Å². The molecule has 94 valence electrons. The third-order valence-electron chi connectivity index (χ3n) is 2.45. The van der Waals surface area contributed by atoms with Crippen molar-refractivity contribution >= 4 is 17.3 Å². The van der Waals surface area contributed by atoms with Gasteiger partial charge in [-0.05, 0) is 30.7 Å². The van der Waals surface area contributed by atoms with E-state index in [1.54, 1.807) is 31.2 Å². The van der Waals surface area contributed by atoms with E-state index in [2.05, 4.69) is 4.98 Å². The Hall–Kier alpha value is -1.81. The molecule has 0 radical (unpaired) electrons. The van der Waals surface area contributed by atoms with E-state index in [-0.39, 0.29) is 5.88 Å². The van der Waals surface area contributed by atoms with Crippen molar-refractivity contribution in [2.24, 2.45) is 0 Å². The molecule has 5 heteroatoms. The van der Waals surface area contributed by atoms with Crippen molar-refractivity contribution in [2.75, 3.05) is 12.3 Å². The molecule has 0 fully saturated rings. The topological polar surface area (TPSA) is 48.1 Å². The summed E-state index contributed by atoms with van der Waals surface area (Å²) in [5.74, 6) is -0.511. The lowest BCUT2D eigenvalue weighted by atomic mass is 10.1. The second-order valence-electron chi connectivity index (χ2n) is 3.65. The normalized spacial score (nSPS) is 10.4. The van der Waals surface area contributed by atoms with Gasteiger partial charge in [-0.15, -0.1) is 0 Å². The van der Waals surface area contributed by atoms with E-state index in [9.17, 15) is 4.39 Å². The number of pyridine rings is 1. The number of halogens is 2. The Balaban J connectivity index is 2.50. The van der Waals surface area contributed by atoms with Gasteiger partial charge in [0.25, 0.3) is 5.88 Å². The van der Waals surface area contributed by atoms with Gasteiger partial charge in [-0.1, -0.05) is 17.7 Å². The average molecular weight is 267 g/mol. The lowest BCUT2D eigenvalue weighted by Gasteiger charge is -2.08. The highest BCUT2D eigenvalue weighted by Crippen LogP contribution is 2.31. The smallest absolute Gasteiger partial charge is 0.251 e. The van der Waals surface area contributed by atoms with E-state index in [0.29, 0.717) is 28.4 Å². The fraction of sp³-hybridized carbons (Fsp3) is 0.154. The number of hydrogen-bond donors (Lipinski definition) is 1. The molecule has 2 N–H and O–H groups in total. The SMILES string of the molecule is CCOc1nccc(-c2ccc(N)c(Cl)c2)c1F. The van der Waals surface area contributed by atoms with Gasteiger partial charge in [0.15, 0.2) is 5.82 Å². The van der Waals surface area contributed by atoms with Gasteiger partial charge in [0.1, 0.15) is 0 Å². The number of rotatable bonds is 3. The van der Waals surface area contributed by atoms with Crippen LogP contribution in [0.1, 0.15) is 6.92 Å². The van der Waals surface area contributed by atoms with E-state index >= 15 is 0 Å². The molecular formula is C13H12ClFN2O. The molecule has 3 nitrogen and oxygen atoms in total. The zero-order valence-corrected chi connectivity index (χ0v) is 10.5. The van der Waals surface area contributed by atoms with Crippen molar-refractivity contribution in [3.63, 3.8) is 0 Å². The first-order valence-corrected chi connectivity index (χ1v) is 5.84. The summed E-state index contributed by atoms with van der Waals surface area (Å²) in [4.78, 5) is 3.84. The molecule has 1 aromatic heterocycles. The van der Waals surface area contributed by atoms with Crippen molar-refractivity contribution in [1.82, 2.24) is 4.98 Å². The number of nitrogen functional groups attached to an aromatic ring is 1. The Morgan fingerprint density at radius 1 is 1.39 bits per heavy atom. The summed E-state index contributed by atoms with van der Waals surface area (Å²) in [6.07, 6.45) is 1.49. The van der Waals surface area contributed by atoms with Crippen LogP contribution < -0.4 is 10.5 Å². The van der Waals surface area contributed by atoms with E-state index in [0.717, 1.165) is 0 Å². The second-order valence-corrected chi connectivity index (χ2v) is 4.05. The number of benzene rings is 1. The summed E-state index contributed by atoms with van der Waals surface area (Å²) in [7, 11) is 0. The third-order valence-corrected chi connectivity index (χ3v) is 2.78. The van der Waals surface area contributed by atoms with Gasteiger partial charge in [0.05, 0.1) is 17.3 Å². The standard InChI is InChI=1S/C13H12ClFN2O/c1-2-18-13-12(15)9(5-6-17-13)8-3-4-11(16)10(14)7-8/h3-7H,2,16H2,1H3. The van der Waals surface area contributed by atoms with Crippen LogP contribution in [0.2, 0.25) is 5.02 Å². The van der Waals surface area contributed by atoms with Gasteiger partial charge in [0.2, 0.25) is 0 Å². The lowest BCUT2D eigenvalue weighted by molar-refractivity contribution is 0.308. The number of ether oxygens (including phenoxy) is 1. The molecule has 2 rings (SSSR count). The largest absolute Gasteiger partial charge is 0.476 e. The molecule has 2 aromatic rings. The number of nitrogens with two attached hydrogens (primary N) is 1. The quantitative estimate of drug-likeness (QED) is 0.865. The predicted molar refractivity (Wildman–Crippen MR) is 70.2 cm³/mol. The molecule has 0 aliphatic rings. The van der Waals surface area contributed by atoms with Crippen molar-refractivity contribution in [3.8, 4) is 17.0 Å². The van der Waals surface area contributed by atoms with Crippen LogP contribution in [0.25, 0.3) is 11.1 Å². The van der Waals surface area contributed by atoms with Gasteiger partial charge >= 0.3 is 0 Å². The molecule has 18 heavy (non-hydrogen) atoms. The molecule has 0 saturated heterocycles. The Bertz CT molecular complexity index is 575. The van der Waals surface area contributed by atoms with Gasteiger partial charge in [0, 0.05) is 11.8 Å². The lowest BCUT2D eigenvalue weighted by Crippen LogP contribution is -1.99. The predicted octanol–water partition coefficient (Wildman–Crippen LogP) is 3.52. The molecule has 0 aliphatic carbocycles. The zero-order chi connectivity index (χ0) is 13.1. The summed E-state index contributed by atoms with van der Waals surface area (Å²) >= 11 is 5.92. The number of hydrogen-bond acceptors (Lipinski definition) is 3. The van der Waals surface area contributed by atoms with Crippen molar-refractivity contribution < 1.29 is 9.13 Å². The molecular weight excluding hydrogens is 255 g/mol. The summed E-state index contributed by atoms with van der Waals surface area (Å²) in [5.41, 5.74) is 7.10. The van der Waals surface area contributed by atoms with Crippen LogP contribution in [0.5, 0.6) is 5.88 Å². The maximum atomic E-state index is 14.1. The van der Waals surface area contributed by atoms with Gasteiger partial charge in [-0.25, -0.2) is 9.37 Å². The van der Waals surface area contributed by atoms with E-state index in [4.69, 9.17) is 22.1 Å². The highest BCUT2D eigenvalue weighted by molar-refractivity contribution is 6.33. The minimum Gasteiger partial charge on any atom is -0.476 e. The molecule has 0 amide bonds. The fourth-order valence-electron chi connectivity index (χ4n) is 1.58. The molecule has 0 spiro atoms. The second kappa shape index (κ2) is 5.23. The number of nitrogens with zero attached hydrogens (tertiary/aromatic N) is 1. The Morgan fingerprint density at radius 2 is 2.17 bits per heavy atom. The number of anilines is 1. The van der Waals surface area contributed by atoms with Crippen LogP contribution in [0.15, 0.2) is 30.5 Å². The maximum Gasteiger partial charge on any atom is 0.251 e. The van der Waals surface area contributed by atoms with Crippen LogP contribution in [0.4, 0.5) is 10.1 Å². The summed E-state index contributed by atoms with van der Waals surface area (Å²) in [5, 5.41) is 0.390. The Morgan fingerprint density at radius 3 is 2.83 bits per heavy atom. The fourth-order valence-corrected chi connectivity index (χ4v) is 1.76. The first-order valence-electron chi connectivity index (χ1n) is 5.46. The van der Waals surface area contributed by atoms with Crippen LogP contribution in [0, 0.1) is 5.82 Å².